The summed E-state index contributed by atoms with van der Waals surface area (Å²) in [5.74, 6) is 1.92. The van der Waals surface area contributed by atoms with Crippen molar-refractivity contribution in [1.82, 2.24) is 15.0 Å². The molecule has 1 heterocycles. The van der Waals surface area contributed by atoms with Crippen LogP contribution >= 0.6 is 0 Å². The highest BCUT2D eigenvalue weighted by atomic mass is 15.0. The van der Waals surface area contributed by atoms with Crippen LogP contribution in [0.2, 0.25) is 0 Å². The van der Waals surface area contributed by atoms with E-state index in [2.05, 4.69) is 152 Å². The van der Waals surface area contributed by atoms with Gasteiger partial charge in [0.1, 0.15) is 0 Å². The molecule has 0 fully saturated rings. The van der Waals surface area contributed by atoms with E-state index in [1.807, 2.05) is 36.4 Å². The highest BCUT2D eigenvalue weighted by molar-refractivity contribution is 6.21. The number of fused-ring (bicyclic) bond motifs is 2. The summed E-state index contributed by atoms with van der Waals surface area (Å²) in [6, 6.07) is 65.8. The van der Waals surface area contributed by atoms with Gasteiger partial charge in [-0.3, -0.25) is 0 Å². The molecule has 3 heteroatoms. The van der Waals surface area contributed by atoms with Crippen molar-refractivity contribution in [1.29, 1.82) is 0 Å². The molecule has 0 aliphatic carbocycles. The molecule has 234 valence electrons. The molecular weight excluding hydrogens is 607 g/mol. The maximum atomic E-state index is 5.09. The third-order valence-corrected chi connectivity index (χ3v) is 9.32. The average molecular weight is 638 g/mol. The fraction of sp³-hybridized carbons (Fsp3) is 0. The molecular formula is C47H31N3. The number of aromatic nitrogens is 3. The molecule has 0 N–H and O–H groups in total. The molecule has 8 aromatic carbocycles. The molecule has 0 unspecified atom stereocenters. The van der Waals surface area contributed by atoms with E-state index in [0.717, 1.165) is 27.8 Å². The highest BCUT2D eigenvalue weighted by Crippen LogP contribution is 2.44. The Hall–Kier alpha value is -6.71. The Morgan fingerprint density at radius 1 is 0.220 bits per heavy atom. The van der Waals surface area contributed by atoms with Crippen LogP contribution < -0.4 is 0 Å². The minimum atomic E-state index is 0.636. The van der Waals surface area contributed by atoms with Crippen LogP contribution in [-0.4, -0.2) is 15.0 Å². The normalized spacial score (nSPS) is 11.2. The summed E-state index contributed by atoms with van der Waals surface area (Å²) in [7, 11) is 0. The lowest BCUT2D eigenvalue weighted by Crippen LogP contribution is -2.00. The van der Waals surface area contributed by atoms with Crippen LogP contribution in [0.3, 0.4) is 0 Å². The summed E-state index contributed by atoms with van der Waals surface area (Å²) in [5.41, 5.74) is 9.93. The summed E-state index contributed by atoms with van der Waals surface area (Å²) in [6.07, 6.45) is 0. The van der Waals surface area contributed by atoms with Crippen LogP contribution in [0.15, 0.2) is 188 Å². The van der Waals surface area contributed by atoms with Crippen molar-refractivity contribution in [2.24, 2.45) is 0 Å². The molecule has 0 saturated carbocycles. The first-order valence-corrected chi connectivity index (χ1v) is 16.9. The van der Waals surface area contributed by atoms with Crippen molar-refractivity contribution in [2.45, 2.75) is 0 Å². The molecule has 0 aliphatic rings. The molecule has 0 bridgehead atoms. The van der Waals surface area contributed by atoms with E-state index in [4.69, 9.17) is 15.0 Å². The van der Waals surface area contributed by atoms with E-state index < -0.39 is 0 Å². The van der Waals surface area contributed by atoms with E-state index in [9.17, 15) is 0 Å². The van der Waals surface area contributed by atoms with Gasteiger partial charge in [-0.1, -0.05) is 182 Å². The second-order valence-corrected chi connectivity index (χ2v) is 12.4. The van der Waals surface area contributed by atoms with Crippen LogP contribution in [-0.2, 0) is 0 Å². The zero-order chi connectivity index (χ0) is 33.3. The Morgan fingerprint density at radius 3 is 1.06 bits per heavy atom. The van der Waals surface area contributed by atoms with Crippen molar-refractivity contribution in [2.75, 3.05) is 0 Å². The van der Waals surface area contributed by atoms with Gasteiger partial charge in [0, 0.05) is 16.7 Å². The summed E-state index contributed by atoms with van der Waals surface area (Å²) in [6.45, 7) is 0. The lowest BCUT2D eigenvalue weighted by molar-refractivity contribution is 1.07. The largest absolute Gasteiger partial charge is 0.208 e. The first-order valence-electron chi connectivity index (χ1n) is 16.9. The SMILES string of the molecule is c1ccc(-c2ccc(-c3nc(-c4ccccc4)nc(-c4cccc(-c5c6ccccc6c(-c6ccccc6)c6ccccc56)c4)n3)cc2)cc1. The molecule has 0 aliphatic heterocycles. The van der Waals surface area contributed by atoms with E-state index in [0.29, 0.717) is 17.5 Å². The monoisotopic (exact) mass is 637 g/mol. The highest BCUT2D eigenvalue weighted by Gasteiger charge is 2.18. The zero-order valence-electron chi connectivity index (χ0n) is 27.2. The fourth-order valence-electron chi connectivity index (χ4n) is 6.96. The standard InChI is InChI=1S/C47H31N3/c1-4-15-32(16-5-1)33-27-29-36(30-28-33)46-48-45(35-19-8-3-9-20-35)49-47(50-46)38-22-14-21-37(31-38)44-41-25-12-10-23-39(41)43(34-17-6-2-7-18-34)40-24-11-13-26-42(40)44/h1-31H. The van der Waals surface area contributed by atoms with Crippen LogP contribution in [0.5, 0.6) is 0 Å². The molecule has 0 amide bonds. The third-order valence-electron chi connectivity index (χ3n) is 9.32. The Labute approximate surface area is 291 Å². The third kappa shape index (κ3) is 5.41. The number of hydrogen-bond donors (Lipinski definition) is 0. The topological polar surface area (TPSA) is 38.7 Å². The van der Waals surface area contributed by atoms with Crippen molar-refractivity contribution in [3.63, 3.8) is 0 Å². The lowest BCUT2D eigenvalue weighted by atomic mass is 9.86. The van der Waals surface area contributed by atoms with E-state index >= 15 is 0 Å². The minimum Gasteiger partial charge on any atom is -0.208 e. The summed E-state index contributed by atoms with van der Waals surface area (Å²) >= 11 is 0. The molecule has 9 aromatic rings. The van der Waals surface area contributed by atoms with Crippen molar-refractivity contribution < 1.29 is 0 Å². The van der Waals surface area contributed by atoms with E-state index in [1.165, 1.54) is 43.8 Å². The summed E-state index contributed by atoms with van der Waals surface area (Å²) < 4.78 is 0. The van der Waals surface area contributed by atoms with Gasteiger partial charge in [0.15, 0.2) is 17.5 Å². The second-order valence-electron chi connectivity index (χ2n) is 12.4. The van der Waals surface area contributed by atoms with Gasteiger partial charge in [-0.15, -0.1) is 0 Å². The Balaban J connectivity index is 1.22. The molecule has 0 atom stereocenters. The van der Waals surface area contributed by atoms with Crippen LogP contribution in [0.1, 0.15) is 0 Å². The predicted octanol–water partition coefficient (Wildman–Crippen LogP) is 12.2. The van der Waals surface area contributed by atoms with E-state index in [-0.39, 0.29) is 0 Å². The first-order chi connectivity index (χ1) is 24.8. The summed E-state index contributed by atoms with van der Waals surface area (Å²) in [5, 5.41) is 4.88. The first kappa shape index (κ1) is 29.4. The molecule has 3 nitrogen and oxygen atoms in total. The predicted molar refractivity (Wildman–Crippen MR) is 207 cm³/mol. The van der Waals surface area contributed by atoms with Gasteiger partial charge in [0.2, 0.25) is 0 Å². The Morgan fingerprint density at radius 2 is 0.540 bits per heavy atom. The second kappa shape index (κ2) is 12.7. The van der Waals surface area contributed by atoms with Crippen LogP contribution in [0, 0.1) is 0 Å². The fourth-order valence-corrected chi connectivity index (χ4v) is 6.96. The van der Waals surface area contributed by atoms with Gasteiger partial charge in [-0.2, -0.15) is 0 Å². The van der Waals surface area contributed by atoms with Gasteiger partial charge < -0.3 is 0 Å². The smallest absolute Gasteiger partial charge is 0.164 e. The average Bonchev–Trinajstić information content (AvgIpc) is 3.21. The molecule has 0 saturated heterocycles. The molecule has 1 aromatic heterocycles. The van der Waals surface area contributed by atoms with Crippen LogP contribution in [0.4, 0.5) is 0 Å². The maximum absolute atomic E-state index is 5.09. The van der Waals surface area contributed by atoms with Crippen LogP contribution in [0.25, 0.3) is 89.1 Å². The van der Waals surface area contributed by atoms with Crippen molar-refractivity contribution in [3.05, 3.63) is 188 Å². The van der Waals surface area contributed by atoms with Gasteiger partial charge in [-0.05, 0) is 61.0 Å². The Bertz CT molecular complexity index is 2560. The Kier molecular flexibility index (Phi) is 7.49. The molecule has 9 rings (SSSR count). The molecule has 50 heavy (non-hydrogen) atoms. The van der Waals surface area contributed by atoms with Gasteiger partial charge in [-0.25, -0.2) is 15.0 Å². The minimum absolute atomic E-state index is 0.636. The number of rotatable bonds is 6. The number of benzene rings is 8. The maximum Gasteiger partial charge on any atom is 0.164 e. The van der Waals surface area contributed by atoms with E-state index in [1.54, 1.807) is 0 Å². The zero-order valence-corrected chi connectivity index (χ0v) is 27.2. The van der Waals surface area contributed by atoms with Crippen molar-refractivity contribution >= 4 is 21.5 Å². The molecule has 0 radical (unpaired) electrons. The lowest BCUT2D eigenvalue weighted by Gasteiger charge is -2.18. The number of nitrogens with zero attached hydrogens (tertiary/aromatic N) is 3. The van der Waals surface area contributed by atoms with Gasteiger partial charge >= 0.3 is 0 Å². The quantitative estimate of drug-likeness (QED) is 0.170. The van der Waals surface area contributed by atoms with Crippen molar-refractivity contribution in [3.8, 4) is 67.5 Å². The van der Waals surface area contributed by atoms with Gasteiger partial charge in [0.05, 0.1) is 0 Å². The molecule has 0 spiro atoms. The van der Waals surface area contributed by atoms with Gasteiger partial charge in [0.25, 0.3) is 0 Å². The number of hydrogen-bond acceptors (Lipinski definition) is 3. The summed E-state index contributed by atoms with van der Waals surface area (Å²) in [4.78, 5) is 15.1.